The van der Waals surface area contributed by atoms with Crippen molar-refractivity contribution in [2.45, 2.75) is 31.8 Å². The number of benzene rings is 3. The maximum absolute atomic E-state index is 13.2. The third-order valence-electron chi connectivity index (χ3n) is 5.77. The third kappa shape index (κ3) is 4.52. The zero-order chi connectivity index (χ0) is 22.0. The Hall–Kier alpha value is -3.05. The fourth-order valence-corrected chi connectivity index (χ4v) is 4.20. The van der Waals surface area contributed by atoms with Gasteiger partial charge in [-0.1, -0.05) is 24.3 Å². The molecule has 3 nitrogen and oxygen atoms in total. The molecule has 1 amide bonds. The lowest BCUT2D eigenvalue weighted by molar-refractivity contribution is 0.0951. The molecule has 4 aromatic rings. The molecular weight excluding hydrogens is 407 g/mol. The fraction of sp³-hybridized carbons (Fsp3) is 0.192. The summed E-state index contributed by atoms with van der Waals surface area (Å²) in [6.45, 7) is 5.31. The minimum atomic E-state index is -0.232. The molecule has 1 N–H and O–H groups in total. The Labute approximate surface area is 186 Å². The van der Waals surface area contributed by atoms with Gasteiger partial charge in [0.1, 0.15) is 5.82 Å². The summed E-state index contributed by atoms with van der Waals surface area (Å²) in [7, 11) is 0. The van der Waals surface area contributed by atoms with Crippen molar-refractivity contribution in [3.8, 4) is 0 Å². The van der Waals surface area contributed by atoms with Crippen molar-refractivity contribution in [2.75, 3.05) is 6.26 Å². The molecule has 158 valence electrons. The van der Waals surface area contributed by atoms with Gasteiger partial charge in [0.25, 0.3) is 5.91 Å². The minimum absolute atomic E-state index is 0.0841. The van der Waals surface area contributed by atoms with E-state index in [9.17, 15) is 9.18 Å². The van der Waals surface area contributed by atoms with Crippen LogP contribution in [0.15, 0.2) is 71.6 Å². The SMILES string of the molecule is CSc1ccc(CNC(=O)c2ccc3c(c2)c(C)c(C)n3Cc2ccc(F)cc2)cc1. The molecule has 0 radical (unpaired) electrons. The quantitative estimate of drug-likeness (QED) is 0.374. The van der Waals surface area contributed by atoms with Crippen LogP contribution in [-0.4, -0.2) is 16.7 Å². The highest BCUT2D eigenvalue weighted by atomic mass is 32.2. The number of halogens is 1. The monoisotopic (exact) mass is 432 g/mol. The average Bonchev–Trinajstić information content (AvgIpc) is 3.03. The molecule has 31 heavy (non-hydrogen) atoms. The first-order chi connectivity index (χ1) is 15.0. The fourth-order valence-electron chi connectivity index (χ4n) is 3.79. The number of carbonyl (C=O) groups is 1. The van der Waals surface area contributed by atoms with Crippen LogP contribution in [0, 0.1) is 19.7 Å². The largest absolute Gasteiger partial charge is 0.348 e. The van der Waals surface area contributed by atoms with Crippen LogP contribution < -0.4 is 5.32 Å². The minimum Gasteiger partial charge on any atom is -0.348 e. The molecule has 1 aromatic heterocycles. The van der Waals surface area contributed by atoms with Gasteiger partial charge in [-0.3, -0.25) is 4.79 Å². The summed E-state index contributed by atoms with van der Waals surface area (Å²) in [5.41, 5.74) is 6.13. The highest BCUT2D eigenvalue weighted by Gasteiger charge is 2.14. The van der Waals surface area contributed by atoms with Gasteiger partial charge >= 0.3 is 0 Å². The number of thioether (sulfide) groups is 1. The van der Waals surface area contributed by atoms with Crippen LogP contribution in [0.1, 0.15) is 32.7 Å². The van der Waals surface area contributed by atoms with Crippen molar-refractivity contribution < 1.29 is 9.18 Å². The maximum atomic E-state index is 13.2. The van der Waals surface area contributed by atoms with E-state index in [0.717, 1.165) is 33.3 Å². The summed E-state index contributed by atoms with van der Waals surface area (Å²) in [5.74, 6) is -0.316. The Morgan fingerprint density at radius 2 is 1.65 bits per heavy atom. The predicted molar refractivity (Wildman–Crippen MR) is 126 cm³/mol. The number of fused-ring (bicyclic) bond motifs is 1. The summed E-state index contributed by atoms with van der Waals surface area (Å²) in [6.07, 6.45) is 2.05. The summed E-state index contributed by atoms with van der Waals surface area (Å²) in [5, 5.41) is 4.08. The Morgan fingerprint density at radius 1 is 0.968 bits per heavy atom. The number of nitrogens with zero attached hydrogens (tertiary/aromatic N) is 1. The van der Waals surface area contributed by atoms with E-state index in [0.29, 0.717) is 18.7 Å². The molecule has 0 fully saturated rings. The molecule has 0 spiro atoms. The summed E-state index contributed by atoms with van der Waals surface area (Å²) < 4.78 is 15.5. The zero-order valence-corrected chi connectivity index (χ0v) is 18.7. The van der Waals surface area contributed by atoms with Crippen LogP contribution in [0.2, 0.25) is 0 Å². The second-order valence-electron chi connectivity index (χ2n) is 7.69. The topological polar surface area (TPSA) is 34.0 Å². The van der Waals surface area contributed by atoms with E-state index in [1.165, 1.54) is 17.0 Å². The second-order valence-corrected chi connectivity index (χ2v) is 8.57. The van der Waals surface area contributed by atoms with Gasteiger partial charge < -0.3 is 9.88 Å². The number of aryl methyl sites for hydroxylation is 1. The van der Waals surface area contributed by atoms with E-state index in [1.54, 1.807) is 11.8 Å². The molecular formula is C26H25FN2OS. The lowest BCUT2D eigenvalue weighted by Crippen LogP contribution is -2.22. The number of amides is 1. The lowest BCUT2D eigenvalue weighted by atomic mass is 10.1. The van der Waals surface area contributed by atoms with Crippen LogP contribution in [0.4, 0.5) is 4.39 Å². The van der Waals surface area contributed by atoms with Gasteiger partial charge in [-0.25, -0.2) is 4.39 Å². The van der Waals surface area contributed by atoms with Crippen molar-refractivity contribution in [3.05, 3.63) is 100 Å². The van der Waals surface area contributed by atoms with E-state index in [-0.39, 0.29) is 11.7 Å². The lowest BCUT2D eigenvalue weighted by Gasteiger charge is -2.10. The van der Waals surface area contributed by atoms with Gasteiger partial charge in [0.15, 0.2) is 0 Å². The molecule has 0 unspecified atom stereocenters. The van der Waals surface area contributed by atoms with Crippen LogP contribution in [0.3, 0.4) is 0 Å². The normalized spacial score (nSPS) is 11.1. The molecule has 0 aliphatic heterocycles. The van der Waals surface area contributed by atoms with Crippen LogP contribution in [0.5, 0.6) is 0 Å². The van der Waals surface area contributed by atoms with Gasteiger partial charge in [0, 0.05) is 40.1 Å². The van der Waals surface area contributed by atoms with Crippen molar-refractivity contribution in [3.63, 3.8) is 0 Å². The predicted octanol–water partition coefficient (Wildman–Crippen LogP) is 6.10. The van der Waals surface area contributed by atoms with Gasteiger partial charge in [-0.05, 0) is 79.3 Å². The standard InChI is InChI=1S/C26H25FN2OS/c1-17-18(2)29(16-20-4-9-22(27)10-5-20)25-13-8-21(14-24(17)25)26(30)28-15-19-6-11-23(31-3)12-7-19/h4-14H,15-16H2,1-3H3,(H,28,30). The van der Waals surface area contributed by atoms with Gasteiger partial charge in [0.2, 0.25) is 0 Å². The van der Waals surface area contributed by atoms with Gasteiger partial charge in [-0.2, -0.15) is 0 Å². The first-order valence-corrected chi connectivity index (χ1v) is 11.4. The van der Waals surface area contributed by atoms with Crippen molar-refractivity contribution >= 4 is 28.6 Å². The van der Waals surface area contributed by atoms with Crippen LogP contribution in [0.25, 0.3) is 10.9 Å². The van der Waals surface area contributed by atoms with Gasteiger partial charge in [0.05, 0.1) is 0 Å². The van der Waals surface area contributed by atoms with Gasteiger partial charge in [-0.15, -0.1) is 11.8 Å². The molecule has 0 saturated heterocycles. The van der Waals surface area contributed by atoms with Crippen LogP contribution >= 0.6 is 11.8 Å². The molecule has 0 aliphatic rings. The summed E-state index contributed by atoms with van der Waals surface area (Å²) >= 11 is 1.70. The first kappa shape index (κ1) is 21.2. The van der Waals surface area contributed by atoms with Crippen molar-refractivity contribution in [1.82, 2.24) is 9.88 Å². The summed E-state index contributed by atoms with van der Waals surface area (Å²) in [4.78, 5) is 14.0. The number of carbonyl (C=O) groups excluding carboxylic acids is 1. The summed E-state index contributed by atoms with van der Waals surface area (Å²) in [6, 6.07) is 20.6. The number of rotatable bonds is 6. The molecule has 0 bridgehead atoms. The second kappa shape index (κ2) is 8.98. The Kier molecular flexibility index (Phi) is 6.14. The smallest absolute Gasteiger partial charge is 0.251 e. The molecule has 5 heteroatoms. The number of aromatic nitrogens is 1. The number of hydrogen-bond donors (Lipinski definition) is 1. The Morgan fingerprint density at radius 3 is 2.32 bits per heavy atom. The molecule has 1 heterocycles. The number of hydrogen-bond acceptors (Lipinski definition) is 2. The average molecular weight is 433 g/mol. The van der Waals surface area contributed by atoms with Crippen molar-refractivity contribution in [2.24, 2.45) is 0 Å². The Bertz CT molecular complexity index is 1230. The van der Waals surface area contributed by atoms with E-state index in [4.69, 9.17) is 0 Å². The van der Waals surface area contributed by atoms with Crippen LogP contribution in [-0.2, 0) is 13.1 Å². The Balaban J connectivity index is 1.55. The van der Waals surface area contributed by atoms with E-state index in [2.05, 4.69) is 35.9 Å². The highest BCUT2D eigenvalue weighted by molar-refractivity contribution is 7.98. The first-order valence-electron chi connectivity index (χ1n) is 10.2. The maximum Gasteiger partial charge on any atom is 0.251 e. The molecule has 4 rings (SSSR count). The molecule has 3 aromatic carbocycles. The third-order valence-corrected chi connectivity index (χ3v) is 6.51. The van der Waals surface area contributed by atoms with Crippen molar-refractivity contribution in [1.29, 1.82) is 0 Å². The molecule has 0 saturated carbocycles. The number of nitrogens with one attached hydrogen (secondary N) is 1. The van der Waals surface area contributed by atoms with E-state index >= 15 is 0 Å². The highest BCUT2D eigenvalue weighted by Crippen LogP contribution is 2.27. The molecule has 0 aliphatic carbocycles. The van der Waals surface area contributed by atoms with E-state index in [1.807, 2.05) is 48.7 Å². The zero-order valence-electron chi connectivity index (χ0n) is 17.9. The van der Waals surface area contributed by atoms with E-state index < -0.39 is 0 Å². The molecule has 0 atom stereocenters.